The first-order chi connectivity index (χ1) is 19.8. The van der Waals surface area contributed by atoms with Gasteiger partial charge in [0.05, 0.1) is 6.04 Å². The number of alkyl halides is 6. The van der Waals surface area contributed by atoms with E-state index < -0.39 is 30.3 Å². The molecule has 0 unspecified atom stereocenters. The fraction of sp³-hybridized carbons (Fsp3) is 0.360. The van der Waals surface area contributed by atoms with Crippen molar-refractivity contribution in [1.82, 2.24) is 20.9 Å². The Morgan fingerprint density at radius 1 is 1.02 bits per heavy atom. The maximum Gasteiger partial charge on any atom is 0.490 e. The van der Waals surface area contributed by atoms with Crippen molar-refractivity contribution in [2.24, 2.45) is 5.73 Å². The molecule has 0 aliphatic carbocycles. The fourth-order valence-electron chi connectivity index (χ4n) is 3.32. The van der Waals surface area contributed by atoms with Crippen molar-refractivity contribution < 1.29 is 55.7 Å². The third-order valence-electron chi connectivity index (χ3n) is 5.52. The summed E-state index contributed by atoms with van der Waals surface area (Å²) < 4.78 is 63.5. The lowest BCUT2D eigenvalue weighted by Crippen LogP contribution is -2.49. The van der Waals surface area contributed by atoms with Gasteiger partial charge in [0, 0.05) is 19.3 Å². The molecule has 236 valence electrons. The summed E-state index contributed by atoms with van der Waals surface area (Å²) in [7, 11) is 0. The van der Waals surface area contributed by atoms with E-state index in [4.69, 9.17) is 30.9 Å². The molecule has 2 aromatic rings. The van der Waals surface area contributed by atoms with Gasteiger partial charge in [0.25, 0.3) is 0 Å². The van der Waals surface area contributed by atoms with Crippen LogP contribution >= 0.6 is 0 Å². The van der Waals surface area contributed by atoms with Crippen LogP contribution in [0.2, 0.25) is 0 Å². The van der Waals surface area contributed by atoms with Gasteiger partial charge in [-0.15, -0.1) is 0 Å². The van der Waals surface area contributed by atoms with Crippen LogP contribution in [0.15, 0.2) is 48.7 Å². The van der Waals surface area contributed by atoms with Gasteiger partial charge < -0.3 is 31.9 Å². The molecule has 1 aromatic heterocycles. The van der Waals surface area contributed by atoms with Crippen LogP contribution in [0.5, 0.6) is 0 Å². The van der Waals surface area contributed by atoms with Crippen molar-refractivity contribution in [3.05, 3.63) is 65.5 Å². The summed E-state index contributed by atoms with van der Waals surface area (Å²) in [5.74, 6) is -5.77. The highest BCUT2D eigenvalue weighted by molar-refractivity contribution is 5.93. The zero-order valence-electron chi connectivity index (χ0n) is 22.3. The Bertz CT molecular complexity index is 1230. The highest BCUT2D eigenvalue weighted by atomic mass is 19.4. The number of pyridine rings is 1. The monoisotopic (exact) mass is 622 g/mol. The molecule has 1 aliphatic rings. The number of rotatable bonds is 7. The molecule has 1 saturated heterocycles. The highest BCUT2D eigenvalue weighted by Gasteiger charge is 2.39. The summed E-state index contributed by atoms with van der Waals surface area (Å²) >= 11 is 0. The number of nitrogens with zero attached hydrogens (tertiary/aromatic N) is 1. The molecule has 1 fully saturated rings. The Labute approximate surface area is 240 Å². The number of carbonyl (C=O) groups is 4. The quantitative estimate of drug-likeness (QED) is 0.137. The first-order valence-electron chi connectivity index (χ1n) is 12.1. The van der Waals surface area contributed by atoms with Crippen molar-refractivity contribution in [3.8, 4) is 0 Å². The standard InChI is InChI=1S/C21H26N6O2.2C2HF3O2/c1-13(20(28)26-11-14-7-8-17(19(22)23)24-10-14)27-21(29)18-9-16(12-25-18)15-5-3-2-4-6-15;2*3-2(4,5)1(6)7/h2-8,10,13,16,18,25H,9,11-12H2,1H3,(H3,22,23)(H,26,28)(H,27,29);2*(H,6,7)/t13-,16-,18+;;/m0../s1. The Kier molecular flexibility index (Phi) is 13.5. The van der Waals surface area contributed by atoms with Crippen molar-refractivity contribution in [1.29, 1.82) is 5.41 Å². The SMILES string of the molecule is C[C@H](NC(=O)[C@H]1C[C@H](c2ccccc2)CN1)C(=O)NCc1ccc(C(=N)N)nc1.O=C(O)C(F)(F)F.O=C(O)C(F)(F)F. The number of nitrogens with two attached hydrogens (primary N) is 1. The first kappa shape index (κ1) is 36.3. The van der Waals surface area contributed by atoms with E-state index in [1.165, 1.54) is 5.56 Å². The molecule has 0 bridgehead atoms. The van der Waals surface area contributed by atoms with Crippen molar-refractivity contribution >= 4 is 29.6 Å². The zero-order valence-corrected chi connectivity index (χ0v) is 22.3. The number of hydrogen-bond acceptors (Lipinski definition) is 7. The van der Waals surface area contributed by atoms with Gasteiger partial charge in [0.2, 0.25) is 11.8 Å². The normalized spacial score (nSPS) is 16.7. The van der Waals surface area contributed by atoms with E-state index in [2.05, 4.69) is 33.1 Å². The van der Waals surface area contributed by atoms with Crippen LogP contribution in [0.3, 0.4) is 0 Å². The number of amidine groups is 1. The first-order valence-corrected chi connectivity index (χ1v) is 12.1. The number of amides is 2. The van der Waals surface area contributed by atoms with Gasteiger partial charge >= 0.3 is 24.3 Å². The minimum atomic E-state index is -5.08. The molecule has 0 saturated carbocycles. The molecule has 0 radical (unpaired) electrons. The van der Waals surface area contributed by atoms with Crippen LogP contribution in [0.4, 0.5) is 26.3 Å². The lowest BCUT2D eigenvalue weighted by atomic mass is 9.96. The number of nitrogens with one attached hydrogen (secondary N) is 4. The van der Waals surface area contributed by atoms with Gasteiger partial charge in [-0.25, -0.2) is 9.59 Å². The van der Waals surface area contributed by atoms with E-state index in [-0.39, 0.29) is 30.2 Å². The number of aromatic nitrogens is 1. The Morgan fingerprint density at radius 3 is 2.00 bits per heavy atom. The van der Waals surface area contributed by atoms with Crippen LogP contribution < -0.4 is 21.7 Å². The smallest absolute Gasteiger partial charge is 0.475 e. The molecule has 0 spiro atoms. The summed E-state index contributed by atoms with van der Waals surface area (Å²) in [6.07, 6.45) is -7.90. The number of aliphatic carboxylic acids is 2. The molecular formula is C25H28F6N6O6. The lowest BCUT2D eigenvalue weighted by molar-refractivity contribution is -0.193. The van der Waals surface area contributed by atoms with E-state index in [0.717, 1.165) is 12.1 Å². The number of carboxylic acids is 2. The molecule has 3 atom stereocenters. The molecular weight excluding hydrogens is 594 g/mol. The molecule has 2 amide bonds. The number of carboxylic acid groups (broad SMARTS) is 2. The minimum Gasteiger partial charge on any atom is -0.475 e. The second kappa shape index (κ2) is 16.0. The second-order valence-electron chi connectivity index (χ2n) is 8.82. The molecule has 12 nitrogen and oxygen atoms in total. The van der Waals surface area contributed by atoms with Gasteiger partial charge in [-0.1, -0.05) is 36.4 Å². The Balaban J connectivity index is 0.000000548. The second-order valence-corrected chi connectivity index (χ2v) is 8.82. The van der Waals surface area contributed by atoms with E-state index in [1.807, 2.05) is 18.2 Å². The molecule has 3 rings (SSSR count). The number of hydrogen-bond donors (Lipinski definition) is 7. The van der Waals surface area contributed by atoms with Crippen LogP contribution in [0.25, 0.3) is 0 Å². The summed E-state index contributed by atoms with van der Waals surface area (Å²) in [6.45, 7) is 2.68. The topological polar surface area (TPSA) is 208 Å². The zero-order chi connectivity index (χ0) is 33.0. The predicted molar refractivity (Wildman–Crippen MR) is 138 cm³/mol. The van der Waals surface area contributed by atoms with Gasteiger partial charge in [-0.05, 0) is 36.5 Å². The van der Waals surface area contributed by atoms with E-state index in [0.29, 0.717) is 18.0 Å². The minimum absolute atomic E-state index is 0.105. The number of carbonyl (C=O) groups excluding carboxylic acids is 2. The van der Waals surface area contributed by atoms with Crippen LogP contribution in [0.1, 0.15) is 36.1 Å². The molecule has 2 heterocycles. The molecule has 1 aliphatic heterocycles. The van der Waals surface area contributed by atoms with Crippen LogP contribution in [-0.4, -0.2) is 75.8 Å². The van der Waals surface area contributed by atoms with E-state index in [9.17, 15) is 35.9 Å². The lowest BCUT2D eigenvalue weighted by Gasteiger charge is -2.17. The van der Waals surface area contributed by atoms with Gasteiger partial charge in [-0.2, -0.15) is 26.3 Å². The summed E-state index contributed by atoms with van der Waals surface area (Å²) in [5, 5.41) is 30.4. The fourth-order valence-corrected chi connectivity index (χ4v) is 3.32. The van der Waals surface area contributed by atoms with Crippen molar-refractivity contribution in [2.75, 3.05) is 6.54 Å². The van der Waals surface area contributed by atoms with Crippen LogP contribution in [-0.2, 0) is 25.7 Å². The maximum atomic E-state index is 12.5. The van der Waals surface area contributed by atoms with E-state index in [1.54, 1.807) is 25.3 Å². The van der Waals surface area contributed by atoms with Crippen molar-refractivity contribution in [2.45, 2.75) is 50.2 Å². The van der Waals surface area contributed by atoms with Gasteiger partial charge in [0.1, 0.15) is 17.6 Å². The highest BCUT2D eigenvalue weighted by Crippen LogP contribution is 2.25. The largest absolute Gasteiger partial charge is 0.490 e. The molecule has 43 heavy (non-hydrogen) atoms. The van der Waals surface area contributed by atoms with Gasteiger partial charge in [-0.3, -0.25) is 20.0 Å². The predicted octanol–water partition coefficient (Wildman–Crippen LogP) is 1.90. The Hall–Kier alpha value is -4.74. The average Bonchev–Trinajstić information content (AvgIpc) is 3.43. The molecule has 8 N–H and O–H groups in total. The third kappa shape index (κ3) is 13.2. The average molecular weight is 623 g/mol. The van der Waals surface area contributed by atoms with Gasteiger partial charge in [0.15, 0.2) is 0 Å². The van der Waals surface area contributed by atoms with Crippen LogP contribution in [0, 0.1) is 5.41 Å². The number of benzene rings is 1. The number of nitrogen functional groups attached to an aromatic ring is 1. The summed E-state index contributed by atoms with van der Waals surface area (Å²) in [6, 6.07) is 12.5. The third-order valence-corrected chi connectivity index (χ3v) is 5.52. The number of halogens is 6. The summed E-state index contributed by atoms with van der Waals surface area (Å²) in [5.41, 5.74) is 7.75. The van der Waals surface area contributed by atoms with Crippen molar-refractivity contribution in [3.63, 3.8) is 0 Å². The molecule has 18 heteroatoms. The molecule has 1 aromatic carbocycles. The van der Waals surface area contributed by atoms with E-state index >= 15 is 0 Å². The summed E-state index contributed by atoms with van der Waals surface area (Å²) in [4.78, 5) is 46.7. The maximum absolute atomic E-state index is 12.5. The Morgan fingerprint density at radius 2 is 1.56 bits per heavy atom.